The summed E-state index contributed by atoms with van der Waals surface area (Å²) in [5, 5.41) is 14.7. The Hall–Kier alpha value is -2.57. The molecule has 0 spiro atoms. The van der Waals surface area contributed by atoms with E-state index in [4.69, 9.17) is 0 Å². The quantitative estimate of drug-likeness (QED) is 0.769. The monoisotopic (exact) mass is 333 g/mol. The highest BCUT2D eigenvalue weighted by molar-refractivity contribution is 5.97. The van der Waals surface area contributed by atoms with Crippen molar-refractivity contribution in [1.29, 1.82) is 0 Å². The molecule has 1 aromatic rings. The minimum absolute atomic E-state index is 0.171. The third-order valence-electron chi connectivity index (χ3n) is 4.19. The summed E-state index contributed by atoms with van der Waals surface area (Å²) in [4.78, 5) is 37.0. The summed E-state index contributed by atoms with van der Waals surface area (Å²) < 4.78 is 0. The minimum atomic E-state index is -0.904. The first kappa shape index (κ1) is 17.8. The normalized spacial score (nSPS) is 19.8. The molecule has 7 nitrogen and oxygen atoms in total. The molecule has 3 N–H and O–H groups in total. The van der Waals surface area contributed by atoms with Gasteiger partial charge in [0.25, 0.3) is 5.91 Å². The van der Waals surface area contributed by atoms with E-state index in [9.17, 15) is 19.5 Å². The summed E-state index contributed by atoms with van der Waals surface area (Å²) in [6.07, 6.45) is 1.27. The number of carboxylic acids is 1. The van der Waals surface area contributed by atoms with E-state index in [1.165, 1.54) is 4.90 Å². The van der Waals surface area contributed by atoms with Crippen LogP contribution in [0.4, 0.5) is 10.5 Å². The molecule has 1 unspecified atom stereocenters. The lowest BCUT2D eigenvalue weighted by Crippen LogP contribution is -2.37. The number of likely N-dealkylation sites (tertiary alicyclic amines) is 1. The first-order chi connectivity index (χ1) is 11.4. The van der Waals surface area contributed by atoms with E-state index >= 15 is 0 Å². The van der Waals surface area contributed by atoms with Crippen LogP contribution in [-0.2, 0) is 4.79 Å². The van der Waals surface area contributed by atoms with Crippen molar-refractivity contribution in [3.05, 3.63) is 29.8 Å². The molecule has 0 aliphatic carbocycles. The molecule has 1 saturated heterocycles. The zero-order valence-electron chi connectivity index (χ0n) is 14.0. The Morgan fingerprint density at radius 1 is 1.33 bits per heavy atom. The third-order valence-corrected chi connectivity index (χ3v) is 4.19. The Morgan fingerprint density at radius 2 is 2.08 bits per heavy atom. The zero-order valence-corrected chi connectivity index (χ0v) is 14.0. The van der Waals surface area contributed by atoms with Gasteiger partial charge in [-0.3, -0.25) is 9.59 Å². The second-order valence-electron chi connectivity index (χ2n) is 6.30. The summed E-state index contributed by atoms with van der Waals surface area (Å²) in [7, 11) is 0. The van der Waals surface area contributed by atoms with Gasteiger partial charge in [0.1, 0.15) is 0 Å². The fourth-order valence-corrected chi connectivity index (χ4v) is 2.59. The van der Waals surface area contributed by atoms with Gasteiger partial charge >= 0.3 is 12.0 Å². The van der Waals surface area contributed by atoms with Crippen LogP contribution in [0.2, 0.25) is 0 Å². The van der Waals surface area contributed by atoms with Crippen LogP contribution in [0.5, 0.6) is 0 Å². The second kappa shape index (κ2) is 7.33. The van der Waals surface area contributed by atoms with Gasteiger partial charge in [0, 0.05) is 30.9 Å². The van der Waals surface area contributed by atoms with Crippen molar-refractivity contribution < 1.29 is 19.5 Å². The Labute approximate surface area is 141 Å². The lowest BCUT2D eigenvalue weighted by molar-refractivity contribution is -0.146. The summed E-state index contributed by atoms with van der Waals surface area (Å²) >= 11 is 0. The summed E-state index contributed by atoms with van der Waals surface area (Å²) in [5.74, 6) is -1.08. The predicted molar refractivity (Wildman–Crippen MR) is 90.0 cm³/mol. The first-order valence-corrected chi connectivity index (χ1v) is 8.03. The molecule has 1 aliphatic heterocycles. The van der Waals surface area contributed by atoms with E-state index in [-0.39, 0.29) is 18.5 Å². The topological polar surface area (TPSA) is 98.7 Å². The number of rotatable bonds is 5. The summed E-state index contributed by atoms with van der Waals surface area (Å²) in [5.41, 5.74) is 0.0743. The van der Waals surface area contributed by atoms with Crippen LogP contribution in [0, 0.1) is 5.41 Å². The Morgan fingerprint density at radius 3 is 2.71 bits per heavy atom. The number of carbonyl (C=O) groups excluding carboxylic acids is 2. The van der Waals surface area contributed by atoms with Gasteiger partial charge < -0.3 is 20.6 Å². The van der Waals surface area contributed by atoms with Gasteiger partial charge in [-0.05, 0) is 38.0 Å². The molecule has 1 aromatic carbocycles. The molecule has 1 atom stereocenters. The van der Waals surface area contributed by atoms with E-state index in [1.54, 1.807) is 31.2 Å². The largest absolute Gasteiger partial charge is 0.481 e. The van der Waals surface area contributed by atoms with E-state index in [2.05, 4.69) is 10.6 Å². The highest BCUT2D eigenvalue weighted by Gasteiger charge is 2.42. The molecule has 0 aromatic heterocycles. The molecule has 0 radical (unpaired) electrons. The van der Waals surface area contributed by atoms with Crippen molar-refractivity contribution in [2.75, 3.05) is 25.0 Å². The van der Waals surface area contributed by atoms with Crippen molar-refractivity contribution in [2.45, 2.75) is 26.7 Å². The molecule has 24 heavy (non-hydrogen) atoms. The van der Waals surface area contributed by atoms with Crippen LogP contribution >= 0.6 is 0 Å². The van der Waals surface area contributed by atoms with E-state index in [1.807, 2.05) is 6.92 Å². The molecular weight excluding hydrogens is 310 g/mol. The maximum Gasteiger partial charge on any atom is 0.321 e. The standard InChI is InChI=1S/C17H23N3O4/c1-3-8-18-14(21)12-5-4-6-13(10-12)19-16(24)20-9-7-17(2,11-20)15(22)23/h4-6,10H,3,7-9,11H2,1-2H3,(H,18,21)(H,19,24)(H,22,23). The smallest absolute Gasteiger partial charge is 0.321 e. The summed E-state index contributed by atoms with van der Waals surface area (Å²) in [6.45, 7) is 4.77. The average molecular weight is 333 g/mol. The lowest BCUT2D eigenvalue weighted by Gasteiger charge is -2.20. The van der Waals surface area contributed by atoms with E-state index in [0.29, 0.717) is 30.8 Å². The molecule has 2 rings (SSSR count). The Kier molecular flexibility index (Phi) is 5.43. The zero-order chi connectivity index (χ0) is 17.7. The van der Waals surface area contributed by atoms with Crippen LogP contribution in [0.25, 0.3) is 0 Å². The van der Waals surface area contributed by atoms with Gasteiger partial charge in [-0.25, -0.2) is 4.79 Å². The average Bonchev–Trinajstić information content (AvgIpc) is 2.97. The fraction of sp³-hybridized carbons (Fsp3) is 0.471. The molecular formula is C17H23N3O4. The number of aliphatic carboxylic acids is 1. The number of hydrogen-bond acceptors (Lipinski definition) is 3. The van der Waals surface area contributed by atoms with Crippen LogP contribution in [0.1, 0.15) is 37.0 Å². The fourth-order valence-electron chi connectivity index (χ4n) is 2.59. The van der Waals surface area contributed by atoms with Crippen LogP contribution in [0.15, 0.2) is 24.3 Å². The van der Waals surface area contributed by atoms with Crippen LogP contribution in [-0.4, -0.2) is 47.5 Å². The number of hydrogen-bond donors (Lipinski definition) is 3. The van der Waals surface area contributed by atoms with Crippen LogP contribution < -0.4 is 10.6 Å². The Balaban J connectivity index is 2.00. The van der Waals surface area contributed by atoms with Gasteiger partial charge in [0.05, 0.1) is 5.41 Å². The number of benzene rings is 1. The number of carboxylic acid groups (broad SMARTS) is 1. The third kappa shape index (κ3) is 4.04. The molecule has 1 heterocycles. The molecule has 1 aliphatic rings. The highest BCUT2D eigenvalue weighted by Crippen LogP contribution is 2.30. The molecule has 3 amide bonds. The van der Waals surface area contributed by atoms with Crippen molar-refractivity contribution in [1.82, 2.24) is 10.2 Å². The van der Waals surface area contributed by atoms with Gasteiger partial charge in [-0.1, -0.05) is 13.0 Å². The minimum Gasteiger partial charge on any atom is -0.481 e. The van der Waals surface area contributed by atoms with Crippen LogP contribution in [0.3, 0.4) is 0 Å². The number of amides is 3. The first-order valence-electron chi connectivity index (χ1n) is 8.03. The number of nitrogens with one attached hydrogen (secondary N) is 2. The van der Waals surface area contributed by atoms with E-state index in [0.717, 1.165) is 6.42 Å². The lowest BCUT2D eigenvalue weighted by atomic mass is 9.90. The van der Waals surface area contributed by atoms with Gasteiger partial charge in [-0.2, -0.15) is 0 Å². The molecule has 0 saturated carbocycles. The molecule has 1 fully saturated rings. The maximum absolute atomic E-state index is 12.3. The number of carbonyl (C=O) groups is 3. The molecule has 130 valence electrons. The number of nitrogens with zero attached hydrogens (tertiary/aromatic N) is 1. The molecule has 7 heteroatoms. The van der Waals surface area contributed by atoms with Crippen molar-refractivity contribution in [3.63, 3.8) is 0 Å². The number of urea groups is 1. The van der Waals surface area contributed by atoms with Crippen molar-refractivity contribution >= 4 is 23.6 Å². The SMILES string of the molecule is CCCNC(=O)c1cccc(NC(=O)N2CCC(C)(C(=O)O)C2)c1. The van der Waals surface area contributed by atoms with Gasteiger partial charge in [-0.15, -0.1) is 0 Å². The maximum atomic E-state index is 12.3. The number of anilines is 1. The highest BCUT2D eigenvalue weighted by atomic mass is 16.4. The second-order valence-corrected chi connectivity index (χ2v) is 6.30. The van der Waals surface area contributed by atoms with Gasteiger partial charge in [0.15, 0.2) is 0 Å². The predicted octanol–water partition coefficient (Wildman–Crippen LogP) is 2.15. The molecule has 0 bridgehead atoms. The van der Waals surface area contributed by atoms with Crippen molar-refractivity contribution in [2.24, 2.45) is 5.41 Å². The van der Waals surface area contributed by atoms with Gasteiger partial charge in [0.2, 0.25) is 0 Å². The van der Waals surface area contributed by atoms with Crippen molar-refractivity contribution in [3.8, 4) is 0 Å². The van der Waals surface area contributed by atoms with E-state index < -0.39 is 11.4 Å². The Bertz CT molecular complexity index is 646. The summed E-state index contributed by atoms with van der Waals surface area (Å²) in [6, 6.07) is 6.32.